The highest BCUT2D eigenvalue weighted by Crippen LogP contribution is 2.27. The van der Waals surface area contributed by atoms with Crippen molar-refractivity contribution < 1.29 is 9.90 Å². The molecule has 1 aromatic carbocycles. The van der Waals surface area contributed by atoms with Gasteiger partial charge in [0.25, 0.3) is 0 Å². The van der Waals surface area contributed by atoms with Gasteiger partial charge in [0.2, 0.25) is 0 Å². The van der Waals surface area contributed by atoms with E-state index in [4.69, 9.17) is 5.11 Å². The van der Waals surface area contributed by atoms with Gasteiger partial charge in [-0.05, 0) is 24.0 Å². The number of hydrogen-bond donors (Lipinski definition) is 2. The van der Waals surface area contributed by atoms with Crippen molar-refractivity contribution in [1.29, 1.82) is 0 Å². The lowest BCUT2D eigenvalue weighted by molar-refractivity contribution is 0.133. The Morgan fingerprint density at radius 1 is 1.50 bits per heavy atom. The fraction of sp³-hybridized carbons (Fsp3) is 0.500. The Labute approximate surface area is 108 Å². The average molecular weight is 248 g/mol. The lowest BCUT2D eigenvalue weighted by atomic mass is 9.96. The summed E-state index contributed by atoms with van der Waals surface area (Å²) >= 11 is 0. The van der Waals surface area contributed by atoms with Crippen LogP contribution in [0, 0.1) is 0 Å². The molecule has 0 saturated carbocycles. The predicted octanol–water partition coefficient (Wildman–Crippen LogP) is 2.61. The van der Waals surface area contributed by atoms with Gasteiger partial charge in [-0.25, -0.2) is 4.79 Å². The Kier molecular flexibility index (Phi) is 4.20. The third-order valence-electron chi connectivity index (χ3n) is 3.44. The Balaban J connectivity index is 2.21. The van der Waals surface area contributed by atoms with Crippen molar-refractivity contribution in [2.75, 3.05) is 13.1 Å². The molecule has 0 radical (unpaired) electrons. The average Bonchev–Trinajstić information content (AvgIpc) is 2.37. The fourth-order valence-corrected chi connectivity index (χ4v) is 2.51. The quantitative estimate of drug-likeness (QED) is 0.861. The van der Waals surface area contributed by atoms with E-state index in [9.17, 15) is 4.79 Å². The van der Waals surface area contributed by atoms with Crippen molar-refractivity contribution >= 4 is 6.09 Å². The molecule has 0 saturated heterocycles. The van der Waals surface area contributed by atoms with E-state index in [1.54, 1.807) is 0 Å². The number of carbonyl (C=O) groups is 1. The molecule has 2 rings (SSSR count). The van der Waals surface area contributed by atoms with Crippen molar-refractivity contribution in [3.8, 4) is 0 Å². The van der Waals surface area contributed by atoms with E-state index in [1.165, 1.54) is 5.56 Å². The largest absolute Gasteiger partial charge is 0.465 e. The number of unbranched alkanes of at least 4 members (excludes halogenated alkanes) is 1. The van der Waals surface area contributed by atoms with Gasteiger partial charge >= 0.3 is 6.09 Å². The third-order valence-corrected chi connectivity index (χ3v) is 3.44. The number of fused-ring (bicyclic) bond motifs is 1. The molecule has 0 spiro atoms. The minimum Gasteiger partial charge on any atom is -0.465 e. The lowest BCUT2D eigenvalue weighted by Gasteiger charge is -2.37. The number of amides is 1. The van der Waals surface area contributed by atoms with Crippen molar-refractivity contribution in [1.82, 2.24) is 10.2 Å². The van der Waals surface area contributed by atoms with Gasteiger partial charge in [0.05, 0.1) is 0 Å². The zero-order valence-electron chi connectivity index (χ0n) is 10.7. The molecule has 1 heterocycles. The molecule has 18 heavy (non-hydrogen) atoms. The predicted molar refractivity (Wildman–Crippen MR) is 70.5 cm³/mol. The monoisotopic (exact) mass is 248 g/mol. The van der Waals surface area contributed by atoms with Gasteiger partial charge < -0.3 is 10.4 Å². The third kappa shape index (κ3) is 2.82. The summed E-state index contributed by atoms with van der Waals surface area (Å²) in [5, 5.41) is 11.6. The summed E-state index contributed by atoms with van der Waals surface area (Å²) in [5.74, 6) is 0. The Morgan fingerprint density at radius 2 is 2.28 bits per heavy atom. The smallest absolute Gasteiger partial charge is 0.406 e. The SMILES string of the molecule is CCCCN1CCc2ccccc2C1NC(=O)O. The van der Waals surface area contributed by atoms with Crippen LogP contribution in [0.2, 0.25) is 0 Å². The van der Waals surface area contributed by atoms with Crippen LogP contribution in [-0.4, -0.2) is 29.2 Å². The molecule has 4 nitrogen and oxygen atoms in total. The minimum absolute atomic E-state index is 0.195. The van der Waals surface area contributed by atoms with Gasteiger partial charge in [0, 0.05) is 13.1 Å². The van der Waals surface area contributed by atoms with E-state index in [1.807, 2.05) is 18.2 Å². The highest BCUT2D eigenvalue weighted by Gasteiger charge is 2.27. The zero-order valence-corrected chi connectivity index (χ0v) is 10.7. The summed E-state index contributed by atoms with van der Waals surface area (Å²) in [6.45, 7) is 4.01. The molecule has 0 bridgehead atoms. The molecule has 1 aliphatic heterocycles. The summed E-state index contributed by atoms with van der Waals surface area (Å²) in [4.78, 5) is 13.2. The van der Waals surface area contributed by atoms with Crippen LogP contribution in [0.1, 0.15) is 37.1 Å². The van der Waals surface area contributed by atoms with Crippen LogP contribution < -0.4 is 5.32 Å². The highest BCUT2D eigenvalue weighted by molar-refractivity contribution is 5.65. The Bertz CT molecular complexity index is 420. The van der Waals surface area contributed by atoms with Crippen LogP contribution in [0.3, 0.4) is 0 Å². The van der Waals surface area contributed by atoms with Crippen molar-refractivity contribution in [2.24, 2.45) is 0 Å². The lowest BCUT2D eigenvalue weighted by Crippen LogP contribution is -2.45. The van der Waals surface area contributed by atoms with E-state index < -0.39 is 6.09 Å². The van der Waals surface area contributed by atoms with E-state index in [0.717, 1.165) is 37.9 Å². The molecular formula is C14H20N2O2. The van der Waals surface area contributed by atoms with Crippen LogP contribution in [0.15, 0.2) is 24.3 Å². The second kappa shape index (κ2) is 5.87. The van der Waals surface area contributed by atoms with Gasteiger partial charge in [-0.15, -0.1) is 0 Å². The number of rotatable bonds is 4. The fourth-order valence-electron chi connectivity index (χ4n) is 2.51. The number of hydrogen-bond acceptors (Lipinski definition) is 2. The van der Waals surface area contributed by atoms with Gasteiger partial charge in [-0.1, -0.05) is 37.6 Å². The highest BCUT2D eigenvalue weighted by atomic mass is 16.4. The number of carboxylic acid groups (broad SMARTS) is 1. The van der Waals surface area contributed by atoms with Crippen LogP contribution in [0.5, 0.6) is 0 Å². The summed E-state index contributed by atoms with van der Waals surface area (Å²) in [5.41, 5.74) is 2.35. The summed E-state index contributed by atoms with van der Waals surface area (Å²) in [7, 11) is 0. The van der Waals surface area contributed by atoms with E-state index >= 15 is 0 Å². The maximum absolute atomic E-state index is 11.0. The van der Waals surface area contributed by atoms with E-state index in [2.05, 4.69) is 23.2 Å². The molecule has 2 N–H and O–H groups in total. The summed E-state index contributed by atoms with van der Waals surface area (Å²) < 4.78 is 0. The van der Waals surface area contributed by atoms with Gasteiger partial charge in [-0.3, -0.25) is 4.90 Å². The normalized spacial score (nSPS) is 19.3. The Hall–Kier alpha value is -1.55. The molecule has 1 unspecified atom stereocenters. The summed E-state index contributed by atoms with van der Waals surface area (Å²) in [6, 6.07) is 8.09. The molecule has 1 aliphatic rings. The number of nitrogens with one attached hydrogen (secondary N) is 1. The molecule has 0 fully saturated rings. The van der Waals surface area contributed by atoms with Crippen LogP contribution in [0.4, 0.5) is 4.79 Å². The van der Waals surface area contributed by atoms with E-state index in [0.29, 0.717) is 0 Å². The molecule has 1 amide bonds. The van der Waals surface area contributed by atoms with Crippen molar-refractivity contribution in [2.45, 2.75) is 32.4 Å². The first-order valence-electron chi connectivity index (χ1n) is 6.53. The second-order valence-corrected chi connectivity index (χ2v) is 4.69. The van der Waals surface area contributed by atoms with Crippen LogP contribution >= 0.6 is 0 Å². The standard InChI is InChI=1S/C14H20N2O2/c1-2-3-9-16-10-8-11-6-4-5-7-12(11)13(16)15-14(17)18/h4-7,13,15H,2-3,8-10H2,1H3,(H,17,18). The minimum atomic E-state index is -0.960. The molecule has 1 atom stereocenters. The first-order valence-corrected chi connectivity index (χ1v) is 6.53. The number of nitrogens with zero attached hydrogens (tertiary/aromatic N) is 1. The maximum Gasteiger partial charge on any atom is 0.406 e. The molecule has 4 heteroatoms. The second-order valence-electron chi connectivity index (χ2n) is 4.69. The molecule has 98 valence electrons. The number of benzene rings is 1. The van der Waals surface area contributed by atoms with Gasteiger partial charge in [-0.2, -0.15) is 0 Å². The zero-order chi connectivity index (χ0) is 13.0. The van der Waals surface area contributed by atoms with E-state index in [-0.39, 0.29) is 6.17 Å². The van der Waals surface area contributed by atoms with Crippen molar-refractivity contribution in [3.05, 3.63) is 35.4 Å². The van der Waals surface area contributed by atoms with Crippen LogP contribution in [-0.2, 0) is 6.42 Å². The van der Waals surface area contributed by atoms with Crippen molar-refractivity contribution in [3.63, 3.8) is 0 Å². The van der Waals surface area contributed by atoms with Gasteiger partial charge in [0.15, 0.2) is 0 Å². The van der Waals surface area contributed by atoms with Crippen LogP contribution in [0.25, 0.3) is 0 Å². The molecule has 0 aliphatic carbocycles. The molecule has 1 aromatic rings. The van der Waals surface area contributed by atoms with Gasteiger partial charge in [0.1, 0.15) is 6.17 Å². The maximum atomic E-state index is 11.0. The first kappa shape index (κ1) is 12.9. The Morgan fingerprint density at radius 3 is 3.00 bits per heavy atom. The summed E-state index contributed by atoms with van der Waals surface area (Å²) in [6.07, 6.45) is 2.06. The first-order chi connectivity index (χ1) is 8.72. The molecule has 0 aromatic heterocycles. The molecular weight excluding hydrogens is 228 g/mol. The topological polar surface area (TPSA) is 52.6 Å².